The van der Waals surface area contributed by atoms with Crippen molar-refractivity contribution in [3.8, 4) is 23.7 Å². The second-order valence-corrected chi connectivity index (χ2v) is 6.58. The molecule has 0 atom stereocenters. The first kappa shape index (κ1) is 29.0. The van der Waals surface area contributed by atoms with E-state index in [1.165, 1.54) is 44.9 Å². The fraction of sp³-hybridized carbons (Fsp3) is 0.500. The minimum atomic E-state index is 0.251. The minimum Gasteiger partial charge on any atom is -0.396 e. The van der Waals surface area contributed by atoms with Crippen LogP contribution in [0.5, 0.6) is 0 Å². The maximum atomic E-state index is 8.52. The van der Waals surface area contributed by atoms with Crippen molar-refractivity contribution >= 4 is 0 Å². The van der Waals surface area contributed by atoms with E-state index in [-0.39, 0.29) is 6.61 Å². The summed E-state index contributed by atoms with van der Waals surface area (Å²) in [5.74, 6) is 11.3. The highest BCUT2D eigenvalue weighted by Gasteiger charge is 1.87. The second-order valence-electron chi connectivity index (χ2n) is 6.58. The highest BCUT2D eigenvalue weighted by Crippen LogP contribution is 2.07. The Hall–Kier alpha value is -2.22. The van der Waals surface area contributed by atoms with Crippen molar-refractivity contribution in [3.63, 3.8) is 0 Å². The Morgan fingerprint density at radius 2 is 1.41 bits per heavy atom. The van der Waals surface area contributed by atoms with Crippen molar-refractivity contribution in [1.29, 1.82) is 0 Å². The van der Waals surface area contributed by atoms with Gasteiger partial charge >= 0.3 is 0 Å². The zero-order valence-electron chi connectivity index (χ0n) is 18.8. The first-order chi connectivity index (χ1) is 14.3. The molecule has 1 heteroatoms. The monoisotopic (exact) mass is 394 g/mol. The Kier molecular flexibility index (Phi) is 30.5. The van der Waals surface area contributed by atoms with E-state index in [9.17, 15) is 0 Å². The molecule has 1 N–H and O–H groups in total. The zero-order valence-corrected chi connectivity index (χ0v) is 18.8. The number of aliphatic hydroxyl groups excluding tert-OH is 1. The molecule has 0 bridgehead atoms. The van der Waals surface area contributed by atoms with Gasteiger partial charge in [0.15, 0.2) is 0 Å². The predicted molar refractivity (Wildman–Crippen MR) is 132 cm³/mol. The highest BCUT2D eigenvalue weighted by atomic mass is 16.2. The van der Waals surface area contributed by atoms with Crippen molar-refractivity contribution in [1.82, 2.24) is 0 Å². The molecule has 160 valence electrons. The summed E-state index contributed by atoms with van der Waals surface area (Å²) in [4.78, 5) is 0. The number of aliphatic hydroxyl groups is 1. The average molecular weight is 395 g/mol. The molecule has 0 aromatic rings. The fourth-order valence-electron chi connectivity index (χ4n) is 2.16. The van der Waals surface area contributed by atoms with Crippen LogP contribution in [-0.2, 0) is 0 Å². The van der Waals surface area contributed by atoms with Crippen molar-refractivity contribution in [2.24, 2.45) is 0 Å². The van der Waals surface area contributed by atoms with Gasteiger partial charge in [0.2, 0.25) is 0 Å². The van der Waals surface area contributed by atoms with E-state index < -0.39 is 0 Å². The van der Waals surface area contributed by atoms with Gasteiger partial charge in [-0.3, -0.25) is 0 Å². The van der Waals surface area contributed by atoms with Crippen LogP contribution in [0.2, 0.25) is 0 Å². The van der Waals surface area contributed by atoms with E-state index >= 15 is 0 Å². The number of hydrogen-bond donors (Lipinski definition) is 1. The van der Waals surface area contributed by atoms with Crippen LogP contribution in [0.4, 0.5) is 0 Å². The third kappa shape index (κ3) is 33.8. The molecule has 0 aliphatic heterocycles. The molecule has 0 fully saturated rings. The number of unbranched alkanes of at least 4 members (excludes halogenated alkanes) is 8. The Morgan fingerprint density at radius 3 is 2.10 bits per heavy atom. The molecule has 29 heavy (non-hydrogen) atoms. The molecule has 0 heterocycles. The Labute approximate surface area is 181 Å². The molecule has 0 rings (SSSR count). The molecule has 0 aromatic carbocycles. The summed E-state index contributed by atoms with van der Waals surface area (Å²) >= 11 is 0. The van der Waals surface area contributed by atoms with Crippen LogP contribution in [0, 0.1) is 23.7 Å². The average Bonchev–Trinajstić information content (AvgIpc) is 2.74. The van der Waals surface area contributed by atoms with Gasteiger partial charge in [-0.2, -0.15) is 0 Å². The summed E-state index contributed by atoms with van der Waals surface area (Å²) in [6.07, 6.45) is 30.9. The van der Waals surface area contributed by atoms with E-state index in [1.54, 1.807) is 12.2 Å². The molecular formula is C28H42O. The molecule has 0 aliphatic rings. The first-order valence-electron chi connectivity index (χ1n) is 11.2. The van der Waals surface area contributed by atoms with E-state index in [0.29, 0.717) is 0 Å². The van der Waals surface area contributed by atoms with Gasteiger partial charge in [-0.05, 0) is 50.0 Å². The van der Waals surface area contributed by atoms with E-state index in [2.05, 4.69) is 56.3 Å². The SMILES string of the molecule is C=CC=CC=CCCCCCCCC.CCCC#CC#CC=CC=CCCCO. The maximum Gasteiger partial charge on any atom is 0.0433 e. The lowest BCUT2D eigenvalue weighted by Crippen LogP contribution is -1.77. The van der Waals surface area contributed by atoms with Crippen LogP contribution in [0.25, 0.3) is 0 Å². The zero-order chi connectivity index (χ0) is 21.7. The van der Waals surface area contributed by atoms with Crippen LogP contribution < -0.4 is 0 Å². The van der Waals surface area contributed by atoms with Crippen LogP contribution in [0.3, 0.4) is 0 Å². The molecule has 0 amide bonds. The van der Waals surface area contributed by atoms with Gasteiger partial charge in [0, 0.05) is 13.0 Å². The molecule has 0 unspecified atom stereocenters. The molecule has 0 radical (unpaired) electrons. The minimum absolute atomic E-state index is 0.251. The van der Waals surface area contributed by atoms with Gasteiger partial charge < -0.3 is 5.11 Å². The largest absolute Gasteiger partial charge is 0.396 e. The second kappa shape index (κ2) is 30.5. The van der Waals surface area contributed by atoms with E-state index in [0.717, 1.165) is 25.7 Å². The molecule has 0 aliphatic carbocycles. The van der Waals surface area contributed by atoms with Gasteiger partial charge in [0.25, 0.3) is 0 Å². The normalized spacial score (nSPS) is 10.6. The molecule has 0 saturated heterocycles. The number of hydrogen-bond acceptors (Lipinski definition) is 1. The van der Waals surface area contributed by atoms with E-state index in [1.807, 2.05) is 30.4 Å². The lowest BCUT2D eigenvalue weighted by Gasteiger charge is -1.97. The Balaban J connectivity index is 0. The van der Waals surface area contributed by atoms with Crippen molar-refractivity contribution < 1.29 is 5.11 Å². The third-order valence-electron chi connectivity index (χ3n) is 3.77. The molecule has 0 spiro atoms. The third-order valence-corrected chi connectivity index (χ3v) is 3.77. The van der Waals surface area contributed by atoms with Crippen LogP contribution in [0.1, 0.15) is 84.5 Å². The standard InChI is InChI=1S/C14H18O.C14H24/c1-2-3-4-5-6-7-8-9-10-11-12-13-14-15;1-3-5-7-9-11-13-14-12-10-8-6-4-2/h8-11,15H,2-3,12-14H2,1H3;3,5,7,9,11H,1,4,6,8,10,12-14H2,2H3. The molecule has 0 aromatic heterocycles. The van der Waals surface area contributed by atoms with E-state index in [4.69, 9.17) is 5.11 Å². The summed E-state index contributed by atoms with van der Waals surface area (Å²) in [5.41, 5.74) is 0. The van der Waals surface area contributed by atoms with Crippen LogP contribution in [0.15, 0.2) is 61.3 Å². The van der Waals surface area contributed by atoms with Gasteiger partial charge in [0.1, 0.15) is 0 Å². The van der Waals surface area contributed by atoms with Gasteiger partial charge in [-0.1, -0.05) is 113 Å². The lowest BCUT2D eigenvalue weighted by molar-refractivity contribution is 0.289. The number of rotatable bonds is 14. The maximum absolute atomic E-state index is 8.52. The van der Waals surface area contributed by atoms with Crippen molar-refractivity contribution in [2.75, 3.05) is 6.61 Å². The van der Waals surface area contributed by atoms with Gasteiger partial charge in [0.05, 0.1) is 0 Å². The molecule has 1 nitrogen and oxygen atoms in total. The van der Waals surface area contributed by atoms with Gasteiger partial charge in [-0.25, -0.2) is 0 Å². The predicted octanol–water partition coefficient (Wildman–Crippen LogP) is 7.71. The first-order valence-corrected chi connectivity index (χ1v) is 11.2. The Bertz CT molecular complexity index is 567. The molecule has 0 saturated carbocycles. The summed E-state index contributed by atoms with van der Waals surface area (Å²) < 4.78 is 0. The van der Waals surface area contributed by atoms with Crippen LogP contribution in [-0.4, -0.2) is 11.7 Å². The smallest absolute Gasteiger partial charge is 0.0433 e. The summed E-state index contributed by atoms with van der Waals surface area (Å²) in [7, 11) is 0. The van der Waals surface area contributed by atoms with Crippen LogP contribution >= 0.6 is 0 Å². The van der Waals surface area contributed by atoms with Gasteiger partial charge in [-0.15, -0.1) is 0 Å². The summed E-state index contributed by atoms with van der Waals surface area (Å²) in [6.45, 7) is 8.22. The summed E-state index contributed by atoms with van der Waals surface area (Å²) in [6, 6.07) is 0. The molecular weight excluding hydrogens is 352 g/mol. The van der Waals surface area contributed by atoms with Crippen molar-refractivity contribution in [3.05, 3.63) is 61.3 Å². The topological polar surface area (TPSA) is 20.2 Å². The number of allylic oxidation sites excluding steroid dienone is 9. The lowest BCUT2D eigenvalue weighted by atomic mass is 10.1. The fourth-order valence-corrected chi connectivity index (χ4v) is 2.16. The van der Waals surface area contributed by atoms with Crippen molar-refractivity contribution in [2.45, 2.75) is 84.5 Å². The summed E-state index contributed by atoms with van der Waals surface area (Å²) in [5, 5.41) is 8.52. The quantitative estimate of drug-likeness (QED) is 0.182. The Morgan fingerprint density at radius 1 is 0.724 bits per heavy atom. The highest BCUT2D eigenvalue weighted by molar-refractivity contribution is 5.31.